The van der Waals surface area contributed by atoms with E-state index in [1.165, 1.54) is 86.6 Å². The van der Waals surface area contributed by atoms with Crippen LogP contribution in [-0.2, 0) is 5.41 Å². The van der Waals surface area contributed by atoms with Crippen molar-refractivity contribution in [2.45, 2.75) is 5.41 Å². The molecule has 0 radical (unpaired) electrons. The Morgan fingerprint density at radius 2 is 0.902 bits per heavy atom. The molecule has 0 spiro atoms. The number of benzene rings is 10. The van der Waals surface area contributed by atoms with E-state index in [9.17, 15) is 0 Å². The molecule has 0 amide bonds. The van der Waals surface area contributed by atoms with Gasteiger partial charge in [0.1, 0.15) is 0 Å². The van der Waals surface area contributed by atoms with Crippen LogP contribution in [0, 0.1) is 0 Å². The number of rotatable bonds is 7. The van der Waals surface area contributed by atoms with Crippen molar-refractivity contribution in [3.05, 3.63) is 259 Å². The van der Waals surface area contributed by atoms with E-state index >= 15 is 0 Å². The summed E-state index contributed by atoms with van der Waals surface area (Å²) in [6, 6.07) is 87.6. The molecule has 61 heavy (non-hydrogen) atoms. The monoisotopic (exact) mass is 793 g/mol. The van der Waals surface area contributed by atoms with Gasteiger partial charge in [-0.05, 0) is 109 Å². The smallest absolute Gasteiger partial charge is 0.0714 e. The third kappa shape index (κ3) is 5.68. The van der Waals surface area contributed by atoms with Gasteiger partial charge in [-0.2, -0.15) is 0 Å². The summed E-state index contributed by atoms with van der Waals surface area (Å²) in [5, 5.41) is 5.03. The van der Waals surface area contributed by atoms with E-state index in [1.54, 1.807) is 0 Å². The molecular formula is C59H39NS. The van der Waals surface area contributed by atoms with Gasteiger partial charge in [0.25, 0.3) is 0 Å². The van der Waals surface area contributed by atoms with Crippen LogP contribution in [0.25, 0.3) is 64.3 Å². The summed E-state index contributed by atoms with van der Waals surface area (Å²) >= 11 is 1.86. The van der Waals surface area contributed by atoms with Crippen molar-refractivity contribution in [3.63, 3.8) is 0 Å². The van der Waals surface area contributed by atoms with Crippen molar-refractivity contribution in [1.82, 2.24) is 0 Å². The molecule has 0 N–H and O–H groups in total. The lowest BCUT2D eigenvalue weighted by molar-refractivity contribution is 0.768. The summed E-state index contributed by atoms with van der Waals surface area (Å²) in [6.45, 7) is 0. The second kappa shape index (κ2) is 14.3. The van der Waals surface area contributed by atoms with Gasteiger partial charge in [-0.3, -0.25) is 0 Å². The number of hydrogen-bond donors (Lipinski definition) is 0. The SMILES string of the molecule is c1ccc(-c2ccc(-c3ccc4ccccc4c3)cc2N(c2ccc3c(c2)C(c2ccccc2)(c2ccccc2)c2ccccc2-3)c2ccc3sc4ccccc4c3c2)cc1. The van der Waals surface area contributed by atoms with Crippen LogP contribution in [0.15, 0.2) is 237 Å². The van der Waals surface area contributed by atoms with Crippen molar-refractivity contribution < 1.29 is 0 Å². The normalized spacial score (nSPS) is 12.7. The Labute approximate surface area is 360 Å². The first-order valence-electron chi connectivity index (χ1n) is 21.0. The Hall–Kier alpha value is -7.52. The maximum absolute atomic E-state index is 2.52. The number of thiophene rings is 1. The van der Waals surface area contributed by atoms with Crippen molar-refractivity contribution in [2.24, 2.45) is 0 Å². The predicted molar refractivity (Wildman–Crippen MR) is 260 cm³/mol. The highest BCUT2D eigenvalue weighted by Crippen LogP contribution is 2.57. The molecular weight excluding hydrogens is 755 g/mol. The van der Waals surface area contributed by atoms with E-state index in [-0.39, 0.29) is 0 Å². The van der Waals surface area contributed by atoms with Crippen LogP contribution in [0.2, 0.25) is 0 Å². The van der Waals surface area contributed by atoms with Gasteiger partial charge in [-0.1, -0.05) is 188 Å². The molecule has 1 heterocycles. The van der Waals surface area contributed by atoms with Crippen molar-refractivity contribution in [2.75, 3.05) is 4.90 Å². The van der Waals surface area contributed by atoms with E-state index < -0.39 is 5.41 Å². The van der Waals surface area contributed by atoms with Crippen molar-refractivity contribution >= 4 is 59.3 Å². The van der Waals surface area contributed by atoms with Crippen LogP contribution in [0.3, 0.4) is 0 Å². The zero-order valence-corrected chi connectivity index (χ0v) is 34.2. The van der Waals surface area contributed by atoms with Gasteiger partial charge in [0.05, 0.1) is 11.1 Å². The zero-order valence-electron chi connectivity index (χ0n) is 33.4. The zero-order chi connectivity index (χ0) is 40.3. The maximum Gasteiger partial charge on any atom is 0.0714 e. The third-order valence-electron chi connectivity index (χ3n) is 12.7. The van der Waals surface area contributed by atoms with Crippen LogP contribution in [0.4, 0.5) is 17.1 Å². The second-order valence-electron chi connectivity index (χ2n) is 16.0. The molecule has 1 aromatic heterocycles. The molecule has 12 rings (SSSR count). The minimum absolute atomic E-state index is 0.529. The number of nitrogens with zero attached hydrogens (tertiary/aromatic N) is 1. The Morgan fingerprint density at radius 3 is 1.70 bits per heavy atom. The van der Waals surface area contributed by atoms with Crippen LogP contribution in [-0.4, -0.2) is 0 Å². The van der Waals surface area contributed by atoms with Gasteiger partial charge in [-0.15, -0.1) is 11.3 Å². The van der Waals surface area contributed by atoms with Crippen molar-refractivity contribution in [3.8, 4) is 33.4 Å². The van der Waals surface area contributed by atoms with Gasteiger partial charge in [0.15, 0.2) is 0 Å². The minimum atomic E-state index is -0.529. The lowest BCUT2D eigenvalue weighted by Crippen LogP contribution is -2.28. The van der Waals surface area contributed by atoms with Crippen LogP contribution >= 0.6 is 11.3 Å². The van der Waals surface area contributed by atoms with E-state index in [2.05, 4.69) is 241 Å². The highest BCUT2D eigenvalue weighted by molar-refractivity contribution is 7.25. The average Bonchev–Trinajstić information content (AvgIpc) is 3.85. The topological polar surface area (TPSA) is 3.24 Å². The largest absolute Gasteiger partial charge is 0.310 e. The van der Waals surface area contributed by atoms with E-state index in [1.807, 2.05) is 11.3 Å². The molecule has 0 fully saturated rings. The third-order valence-corrected chi connectivity index (χ3v) is 13.9. The molecule has 1 aliphatic carbocycles. The van der Waals surface area contributed by atoms with Crippen LogP contribution in [0.1, 0.15) is 22.3 Å². The highest BCUT2D eigenvalue weighted by Gasteiger charge is 2.46. The minimum Gasteiger partial charge on any atom is -0.310 e. The molecule has 10 aromatic carbocycles. The highest BCUT2D eigenvalue weighted by atomic mass is 32.1. The average molecular weight is 794 g/mol. The number of fused-ring (bicyclic) bond motifs is 7. The number of hydrogen-bond acceptors (Lipinski definition) is 2. The summed E-state index contributed by atoms with van der Waals surface area (Å²) in [7, 11) is 0. The van der Waals surface area contributed by atoms with Gasteiger partial charge in [0.2, 0.25) is 0 Å². The summed E-state index contributed by atoms with van der Waals surface area (Å²) in [5.41, 5.74) is 15.2. The summed E-state index contributed by atoms with van der Waals surface area (Å²) < 4.78 is 2.59. The molecule has 11 aromatic rings. The molecule has 0 atom stereocenters. The Balaban J connectivity index is 1.16. The standard InChI is InChI=1S/C59H39NS/c1-4-17-41(18-5-1)49-33-30-44(43-29-28-40-16-10-11-19-42(40)36-43)37-56(49)60(47-32-35-58-53(38-47)52-25-13-15-27-57(52)61-58)48-31-34-51-50-24-12-14-26-54(50)59(55(51)39-48,45-20-6-2-7-21-45)46-22-8-3-9-23-46/h1-39H. The van der Waals surface area contributed by atoms with Gasteiger partial charge in [-0.25, -0.2) is 0 Å². The van der Waals surface area contributed by atoms with E-state index in [4.69, 9.17) is 0 Å². The van der Waals surface area contributed by atoms with Crippen LogP contribution < -0.4 is 4.90 Å². The van der Waals surface area contributed by atoms with Crippen LogP contribution in [0.5, 0.6) is 0 Å². The second-order valence-corrected chi connectivity index (χ2v) is 17.1. The van der Waals surface area contributed by atoms with E-state index in [0.717, 1.165) is 17.1 Å². The quantitative estimate of drug-likeness (QED) is 0.155. The van der Waals surface area contributed by atoms with E-state index in [0.29, 0.717) is 0 Å². The molecule has 0 bridgehead atoms. The Bertz CT molecular complexity index is 3380. The molecule has 2 heteroatoms. The summed E-state index contributed by atoms with van der Waals surface area (Å²) in [4.78, 5) is 2.52. The summed E-state index contributed by atoms with van der Waals surface area (Å²) in [5.74, 6) is 0. The number of anilines is 3. The van der Waals surface area contributed by atoms with Gasteiger partial charge < -0.3 is 4.90 Å². The lowest BCUT2D eigenvalue weighted by Gasteiger charge is -2.35. The lowest BCUT2D eigenvalue weighted by atomic mass is 9.67. The summed E-state index contributed by atoms with van der Waals surface area (Å²) in [6.07, 6.45) is 0. The molecule has 1 nitrogen and oxygen atoms in total. The predicted octanol–water partition coefficient (Wildman–Crippen LogP) is 16.4. The molecule has 0 aliphatic heterocycles. The first kappa shape index (κ1) is 35.4. The Morgan fingerprint density at radius 1 is 0.328 bits per heavy atom. The molecule has 0 saturated carbocycles. The fraction of sp³-hybridized carbons (Fsp3) is 0.0169. The molecule has 286 valence electrons. The maximum atomic E-state index is 2.52. The van der Waals surface area contributed by atoms with Gasteiger partial charge in [0, 0.05) is 37.1 Å². The molecule has 1 aliphatic rings. The van der Waals surface area contributed by atoms with Crippen molar-refractivity contribution in [1.29, 1.82) is 0 Å². The first-order chi connectivity index (χ1) is 30.2. The first-order valence-corrected chi connectivity index (χ1v) is 21.8. The van der Waals surface area contributed by atoms with Gasteiger partial charge >= 0.3 is 0 Å². The fourth-order valence-corrected chi connectivity index (χ4v) is 11.1. The Kier molecular flexibility index (Phi) is 8.33. The molecule has 0 saturated heterocycles. The molecule has 0 unspecified atom stereocenters. The fourth-order valence-electron chi connectivity index (χ4n) is 9.98.